The summed E-state index contributed by atoms with van der Waals surface area (Å²) in [7, 11) is 1.66. The largest absolute Gasteiger partial charge is 0.497 e. The lowest BCUT2D eigenvalue weighted by molar-refractivity contribution is 0.0933. The number of aromatic nitrogens is 2. The number of carbonyl (C=O) groups is 1. The summed E-state index contributed by atoms with van der Waals surface area (Å²) in [5, 5.41) is 10.8. The fraction of sp³-hybridized carbons (Fsp3) is 0.273. The average molecular weight is 455 g/mol. The summed E-state index contributed by atoms with van der Waals surface area (Å²) in [5.41, 5.74) is 2.68. The van der Waals surface area contributed by atoms with Gasteiger partial charge < -0.3 is 15.0 Å². The van der Waals surface area contributed by atoms with Gasteiger partial charge in [0.1, 0.15) is 5.75 Å². The zero-order chi connectivity index (χ0) is 20.2. The van der Waals surface area contributed by atoms with E-state index in [0.29, 0.717) is 5.56 Å². The minimum Gasteiger partial charge on any atom is -0.497 e. The summed E-state index contributed by atoms with van der Waals surface area (Å²) in [6.07, 6.45) is 1.97. The number of H-pyrrole nitrogens is 1. The minimum atomic E-state index is -0.0425. The molecule has 2 aromatic carbocycles. The lowest BCUT2D eigenvalue weighted by atomic mass is 10.0. The van der Waals surface area contributed by atoms with E-state index in [0.717, 1.165) is 53.2 Å². The number of nitrogens with zero attached hydrogens (tertiary/aromatic N) is 2. The number of hydrogen-bond donors (Lipinski definition) is 2. The summed E-state index contributed by atoms with van der Waals surface area (Å²) >= 11 is 3.42. The van der Waals surface area contributed by atoms with Crippen LogP contribution in [0, 0.1) is 0 Å². The first-order valence-electron chi connectivity index (χ1n) is 9.63. The van der Waals surface area contributed by atoms with Crippen molar-refractivity contribution < 1.29 is 9.53 Å². The molecule has 4 rings (SSSR count). The number of methoxy groups -OCH3 is 1. The van der Waals surface area contributed by atoms with Gasteiger partial charge in [-0.15, -0.1) is 0 Å². The summed E-state index contributed by atoms with van der Waals surface area (Å²) in [6, 6.07) is 17.5. The summed E-state index contributed by atoms with van der Waals surface area (Å²) in [4.78, 5) is 14.8. The Balaban J connectivity index is 1.42. The summed E-state index contributed by atoms with van der Waals surface area (Å²) in [6.45, 7) is 1.67. The van der Waals surface area contributed by atoms with Crippen LogP contribution in [-0.2, 0) is 0 Å². The Morgan fingerprint density at radius 3 is 2.83 bits per heavy atom. The third-order valence-electron chi connectivity index (χ3n) is 5.13. The smallest absolute Gasteiger partial charge is 0.251 e. The zero-order valence-corrected chi connectivity index (χ0v) is 17.8. The Bertz CT molecular complexity index is 986. The lowest BCUT2D eigenvalue weighted by Crippen LogP contribution is -2.48. The lowest BCUT2D eigenvalue weighted by Gasteiger charge is -2.33. The van der Waals surface area contributed by atoms with Crippen molar-refractivity contribution in [3.63, 3.8) is 0 Å². The number of piperidine rings is 1. The molecule has 29 heavy (non-hydrogen) atoms. The Kier molecular flexibility index (Phi) is 5.85. The van der Waals surface area contributed by atoms with Crippen LogP contribution in [0.1, 0.15) is 23.2 Å². The molecule has 1 aromatic heterocycles. The predicted octanol–water partition coefficient (Wildman–Crippen LogP) is 4.25. The van der Waals surface area contributed by atoms with Gasteiger partial charge in [-0.3, -0.25) is 9.89 Å². The molecule has 1 aliphatic heterocycles. The molecule has 6 nitrogen and oxygen atoms in total. The molecule has 1 amide bonds. The van der Waals surface area contributed by atoms with Crippen molar-refractivity contribution in [2.75, 3.05) is 25.1 Å². The Labute approximate surface area is 178 Å². The fourth-order valence-electron chi connectivity index (χ4n) is 3.59. The molecule has 2 N–H and O–H groups in total. The van der Waals surface area contributed by atoms with Crippen molar-refractivity contribution >= 4 is 27.7 Å². The van der Waals surface area contributed by atoms with Gasteiger partial charge in [0.15, 0.2) is 5.82 Å². The van der Waals surface area contributed by atoms with Crippen LogP contribution in [-0.4, -0.2) is 42.3 Å². The molecule has 1 fully saturated rings. The van der Waals surface area contributed by atoms with Gasteiger partial charge in [0.05, 0.1) is 12.8 Å². The predicted molar refractivity (Wildman–Crippen MR) is 117 cm³/mol. The van der Waals surface area contributed by atoms with Crippen LogP contribution in [0.3, 0.4) is 0 Å². The second kappa shape index (κ2) is 8.69. The highest BCUT2D eigenvalue weighted by atomic mass is 79.9. The molecule has 2 heterocycles. The van der Waals surface area contributed by atoms with Crippen molar-refractivity contribution in [2.24, 2.45) is 0 Å². The van der Waals surface area contributed by atoms with E-state index in [9.17, 15) is 4.79 Å². The van der Waals surface area contributed by atoms with Gasteiger partial charge in [0, 0.05) is 35.2 Å². The maximum Gasteiger partial charge on any atom is 0.251 e. The molecule has 7 heteroatoms. The standard InChI is InChI=1S/C22H23BrN4O2/c1-29-19-9-7-15(8-10-19)20-13-21(26-25-20)27-11-3-6-18(14-27)24-22(28)16-4-2-5-17(23)12-16/h2,4-5,7-10,12-13,18H,3,6,11,14H2,1H3,(H,24,28)(H,25,26)/t18-/m0/s1. The average Bonchev–Trinajstić information content (AvgIpc) is 3.24. The molecule has 1 saturated heterocycles. The van der Waals surface area contributed by atoms with Crippen LogP contribution < -0.4 is 15.0 Å². The number of aromatic amines is 1. The van der Waals surface area contributed by atoms with E-state index in [2.05, 4.69) is 42.4 Å². The van der Waals surface area contributed by atoms with Gasteiger partial charge in [-0.25, -0.2) is 0 Å². The van der Waals surface area contributed by atoms with Gasteiger partial charge >= 0.3 is 0 Å². The number of carbonyl (C=O) groups excluding carboxylic acids is 1. The van der Waals surface area contributed by atoms with Crippen LogP contribution in [0.15, 0.2) is 59.1 Å². The molecule has 1 aliphatic rings. The third kappa shape index (κ3) is 4.62. The molecule has 3 aromatic rings. The first kappa shape index (κ1) is 19.5. The number of amides is 1. The Hall–Kier alpha value is -2.80. The van der Waals surface area contributed by atoms with Crippen LogP contribution in [0.2, 0.25) is 0 Å². The highest BCUT2D eigenvalue weighted by Gasteiger charge is 2.23. The molecule has 1 atom stereocenters. The van der Waals surface area contributed by atoms with E-state index >= 15 is 0 Å². The SMILES string of the molecule is COc1ccc(-c2cc(N3CCC[C@H](NC(=O)c4cccc(Br)c4)C3)n[nH]2)cc1. The molecule has 150 valence electrons. The number of anilines is 1. The quantitative estimate of drug-likeness (QED) is 0.604. The number of ether oxygens (including phenoxy) is 1. The van der Waals surface area contributed by atoms with E-state index in [1.54, 1.807) is 7.11 Å². The second-order valence-corrected chi connectivity index (χ2v) is 8.05. The normalized spacial score (nSPS) is 16.5. The number of halogens is 1. The molecule has 0 bridgehead atoms. The molecule has 0 saturated carbocycles. The maximum atomic E-state index is 12.6. The van der Waals surface area contributed by atoms with Crippen molar-refractivity contribution in [3.8, 4) is 17.0 Å². The summed E-state index contributed by atoms with van der Waals surface area (Å²) in [5.74, 6) is 1.69. The maximum absolute atomic E-state index is 12.6. The number of rotatable bonds is 5. The van der Waals surface area contributed by atoms with Crippen molar-refractivity contribution in [1.82, 2.24) is 15.5 Å². The van der Waals surface area contributed by atoms with E-state index < -0.39 is 0 Å². The van der Waals surface area contributed by atoms with E-state index in [4.69, 9.17) is 4.74 Å². The van der Waals surface area contributed by atoms with E-state index in [-0.39, 0.29) is 11.9 Å². The monoisotopic (exact) mass is 454 g/mol. The van der Waals surface area contributed by atoms with E-state index in [1.165, 1.54) is 0 Å². The Morgan fingerprint density at radius 2 is 2.07 bits per heavy atom. The van der Waals surface area contributed by atoms with Crippen LogP contribution in [0.25, 0.3) is 11.3 Å². The molecular formula is C22H23BrN4O2. The summed E-state index contributed by atoms with van der Waals surface area (Å²) < 4.78 is 6.12. The van der Waals surface area contributed by atoms with Crippen molar-refractivity contribution in [1.29, 1.82) is 0 Å². The molecule has 0 aliphatic carbocycles. The van der Waals surface area contributed by atoms with Gasteiger partial charge in [0.2, 0.25) is 0 Å². The topological polar surface area (TPSA) is 70.2 Å². The van der Waals surface area contributed by atoms with Crippen molar-refractivity contribution in [2.45, 2.75) is 18.9 Å². The zero-order valence-electron chi connectivity index (χ0n) is 16.2. The Morgan fingerprint density at radius 1 is 1.24 bits per heavy atom. The van der Waals surface area contributed by atoms with E-state index in [1.807, 2.05) is 48.5 Å². The van der Waals surface area contributed by atoms with Gasteiger partial charge in [-0.2, -0.15) is 5.10 Å². The highest BCUT2D eigenvalue weighted by Crippen LogP contribution is 2.26. The first-order chi connectivity index (χ1) is 14.1. The van der Waals surface area contributed by atoms with Gasteiger partial charge in [0.25, 0.3) is 5.91 Å². The van der Waals surface area contributed by atoms with Crippen LogP contribution in [0.4, 0.5) is 5.82 Å². The fourth-order valence-corrected chi connectivity index (χ4v) is 3.99. The minimum absolute atomic E-state index is 0.0425. The highest BCUT2D eigenvalue weighted by molar-refractivity contribution is 9.10. The van der Waals surface area contributed by atoms with Crippen LogP contribution >= 0.6 is 15.9 Å². The van der Waals surface area contributed by atoms with Crippen LogP contribution in [0.5, 0.6) is 5.75 Å². The second-order valence-electron chi connectivity index (χ2n) is 7.14. The number of hydrogen-bond acceptors (Lipinski definition) is 4. The first-order valence-corrected chi connectivity index (χ1v) is 10.4. The van der Waals surface area contributed by atoms with Gasteiger partial charge in [-0.1, -0.05) is 22.0 Å². The number of benzene rings is 2. The molecule has 0 spiro atoms. The molecule has 0 radical (unpaired) electrons. The van der Waals surface area contributed by atoms with Crippen molar-refractivity contribution in [3.05, 3.63) is 64.6 Å². The van der Waals surface area contributed by atoms with Gasteiger partial charge in [-0.05, 0) is 60.9 Å². The molecule has 0 unspecified atom stereocenters. The number of nitrogens with one attached hydrogen (secondary N) is 2. The molecular weight excluding hydrogens is 432 g/mol. The third-order valence-corrected chi connectivity index (χ3v) is 5.63.